The maximum atomic E-state index is 13.7. The zero-order valence-corrected chi connectivity index (χ0v) is 21.8. The minimum absolute atomic E-state index is 0.0597. The van der Waals surface area contributed by atoms with Gasteiger partial charge in [0.1, 0.15) is 6.04 Å². The Balaban J connectivity index is 1.92. The van der Waals surface area contributed by atoms with E-state index in [-0.39, 0.29) is 11.8 Å². The molecule has 1 N–H and O–H groups in total. The Bertz CT molecular complexity index is 1120. The van der Waals surface area contributed by atoms with E-state index < -0.39 is 11.6 Å². The molecule has 35 heavy (non-hydrogen) atoms. The standard InChI is InChI=1S/C30H35ClN2O2/c1-22-13-15-23(16-14-22)17-18-28(34)33(21-25-11-8-12-26(31)19-25)27(29(35)32-30(2,3)4)20-24-9-6-5-7-10-24/h5-16,19,27H,17-18,20-21H2,1-4H3,(H,32,35)/t27-/m0/s1. The van der Waals surface area contributed by atoms with Crippen molar-refractivity contribution in [3.05, 3.63) is 106 Å². The first-order valence-corrected chi connectivity index (χ1v) is 12.4. The smallest absolute Gasteiger partial charge is 0.243 e. The lowest BCUT2D eigenvalue weighted by atomic mass is 9.99. The van der Waals surface area contributed by atoms with Crippen LogP contribution < -0.4 is 5.32 Å². The van der Waals surface area contributed by atoms with Crippen LogP contribution in [0.5, 0.6) is 0 Å². The maximum absolute atomic E-state index is 13.7. The fraction of sp³-hybridized carbons (Fsp3) is 0.333. The number of hydrogen-bond acceptors (Lipinski definition) is 2. The summed E-state index contributed by atoms with van der Waals surface area (Å²) in [6, 6.07) is 24.9. The van der Waals surface area contributed by atoms with Crippen LogP contribution in [-0.4, -0.2) is 28.3 Å². The maximum Gasteiger partial charge on any atom is 0.243 e. The van der Waals surface area contributed by atoms with E-state index in [1.807, 2.05) is 82.3 Å². The molecule has 0 radical (unpaired) electrons. The molecule has 0 aliphatic heterocycles. The van der Waals surface area contributed by atoms with E-state index in [4.69, 9.17) is 11.6 Å². The highest BCUT2D eigenvalue weighted by atomic mass is 35.5. The van der Waals surface area contributed by atoms with Gasteiger partial charge < -0.3 is 10.2 Å². The van der Waals surface area contributed by atoms with Gasteiger partial charge in [0.2, 0.25) is 11.8 Å². The molecular formula is C30H35ClN2O2. The van der Waals surface area contributed by atoms with Crippen molar-refractivity contribution in [3.63, 3.8) is 0 Å². The lowest BCUT2D eigenvalue weighted by Crippen LogP contribution is -2.54. The van der Waals surface area contributed by atoms with Crippen LogP contribution in [0.4, 0.5) is 0 Å². The number of carbonyl (C=O) groups is 2. The van der Waals surface area contributed by atoms with Crippen molar-refractivity contribution in [2.75, 3.05) is 0 Å². The third-order valence-corrected chi connectivity index (χ3v) is 5.99. The molecule has 2 amide bonds. The zero-order chi connectivity index (χ0) is 25.4. The highest BCUT2D eigenvalue weighted by molar-refractivity contribution is 6.30. The van der Waals surface area contributed by atoms with Crippen LogP contribution in [-0.2, 0) is 29.0 Å². The zero-order valence-electron chi connectivity index (χ0n) is 21.1. The van der Waals surface area contributed by atoms with Crippen LogP contribution >= 0.6 is 11.6 Å². The summed E-state index contributed by atoms with van der Waals surface area (Å²) in [5.41, 5.74) is 3.76. The molecule has 184 valence electrons. The highest BCUT2D eigenvalue weighted by Crippen LogP contribution is 2.20. The number of nitrogens with zero attached hydrogens (tertiary/aromatic N) is 1. The van der Waals surface area contributed by atoms with Gasteiger partial charge >= 0.3 is 0 Å². The van der Waals surface area contributed by atoms with Crippen molar-refractivity contribution in [2.45, 2.75) is 65.1 Å². The Kier molecular flexibility index (Phi) is 9.11. The van der Waals surface area contributed by atoms with Crippen molar-refractivity contribution < 1.29 is 9.59 Å². The predicted molar refractivity (Wildman–Crippen MR) is 143 cm³/mol. The van der Waals surface area contributed by atoms with E-state index in [0.717, 1.165) is 16.7 Å². The molecule has 0 aliphatic rings. The molecule has 0 aliphatic carbocycles. The normalized spacial score (nSPS) is 12.1. The molecule has 4 nitrogen and oxygen atoms in total. The topological polar surface area (TPSA) is 49.4 Å². The monoisotopic (exact) mass is 490 g/mol. The Morgan fingerprint density at radius 2 is 1.54 bits per heavy atom. The Morgan fingerprint density at radius 1 is 0.886 bits per heavy atom. The molecular weight excluding hydrogens is 456 g/mol. The average molecular weight is 491 g/mol. The molecule has 0 saturated heterocycles. The van der Waals surface area contributed by atoms with Gasteiger partial charge in [-0.15, -0.1) is 0 Å². The van der Waals surface area contributed by atoms with Gasteiger partial charge in [0.25, 0.3) is 0 Å². The predicted octanol–water partition coefficient (Wildman–Crippen LogP) is 6.14. The third-order valence-electron chi connectivity index (χ3n) is 5.76. The minimum Gasteiger partial charge on any atom is -0.350 e. The summed E-state index contributed by atoms with van der Waals surface area (Å²) in [6.45, 7) is 8.20. The van der Waals surface area contributed by atoms with Gasteiger partial charge in [-0.3, -0.25) is 9.59 Å². The van der Waals surface area contributed by atoms with Crippen LogP contribution in [0.1, 0.15) is 49.4 Å². The van der Waals surface area contributed by atoms with Crippen molar-refractivity contribution >= 4 is 23.4 Å². The van der Waals surface area contributed by atoms with Gasteiger partial charge in [-0.05, 0) is 62.9 Å². The summed E-state index contributed by atoms with van der Waals surface area (Å²) in [7, 11) is 0. The number of benzene rings is 3. The van der Waals surface area contributed by atoms with E-state index in [9.17, 15) is 9.59 Å². The van der Waals surface area contributed by atoms with Crippen LogP contribution in [0.3, 0.4) is 0 Å². The SMILES string of the molecule is Cc1ccc(CCC(=O)N(Cc2cccc(Cl)c2)[C@@H](Cc2ccccc2)C(=O)NC(C)(C)C)cc1. The Labute approximate surface area is 214 Å². The molecule has 0 aromatic heterocycles. The number of halogens is 1. The fourth-order valence-corrected chi connectivity index (χ4v) is 4.20. The van der Waals surface area contributed by atoms with Crippen molar-refractivity contribution in [2.24, 2.45) is 0 Å². The van der Waals surface area contributed by atoms with E-state index in [2.05, 4.69) is 29.6 Å². The van der Waals surface area contributed by atoms with Gasteiger partial charge in [-0.2, -0.15) is 0 Å². The molecule has 0 unspecified atom stereocenters. The van der Waals surface area contributed by atoms with Gasteiger partial charge in [0.05, 0.1) is 0 Å². The van der Waals surface area contributed by atoms with Crippen LogP contribution in [0.2, 0.25) is 5.02 Å². The van der Waals surface area contributed by atoms with E-state index in [1.54, 1.807) is 4.90 Å². The molecule has 0 fully saturated rings. The molecule has 5 heteroatoms. The number of aryl methyl sites for hydroxylation is 2. The molecule has 0 heterocycles. The highest BCUT2D eigenvalue weighted by Gasteiger charge is 2.32. The summed E-state index contributed by atoms with van der Waals surface area (Å²) in [5.74, 6) is -0.220. The first kappa shape index (κ1) is 26.5. The summed E-state index contributed by atoms with van der Waals surface area (Å²) in [5, 5.41) is 3.70. The number of nitrogens with one attached hydrogen (secondary N) is 1. The van der Waals surface area contributed by atoms with Crippen LogP contribution in [0.15, 0.2) is 78.9 Å². The molecule has 0 spiro atoms. The minimum atomic E-state index is -0.652. The molecule has 3 rings (SSSR count). The molecule has 0 saturated carbocycles. The fourth-order valence-electron chi connectivity index (χ4n) is 3.99. The lowest BCUT2D eigenvalue weighted by molar-refractivity contribution is -0.141. The Hall–Kier alpha value is -3.11. The summed E-state index contributed by atoms with van der Waals surface area (Å²) < 4.78 is 0. The molecule has 1 atom stereocenters. The second-order valence-corrected chi connectivity index (χ2v) is 10.5. The lowest BCUT2D eigenvalue weighted by Gasteiger charge is -2.34. The van der Waals surface area contributed by atoms with Crippen LogP contribution in [0.25, 0.3) is 0 Å². The number of hydrogen-bond donors (Lipinski definition) is 1. The first-order chi connectivity index (χ1) is 16.6. The second kappa shape index (κ2) is 12.0. The van der Waals surface area contributed by atoms with E-state index in [1.165, 1.54) is 5.56 Å². The van der Waals surface area contributed by atoms with Crippen molar-refractivity contribution in [3.8, 4) is 0 Å². The molecule has 3 aromatic carbocycles. The van der Waals surface area contributed by atoms with Crippen LogP contribution in [0, 0.1) is 6.92 Å². The number of carbonyl (C=O) groups excluding carboxylic acids is 2. The Morgan fingerprint density at radius 3 is 2.17 bits per heavy atom. The van der Waals surface area contributed by atoms with E-state index in [0.29, 0.717) is 30.8 Å². The first-order valence-electron chi connectivity index (χ1n) is 12.1. The molecule has 0 bridgehead atoms. The average Bonchev–Trinajstić information content (AvgIpc) is 2.80. The number of rotatable bonds is 9. The molecule has 3 aromatic rings. The summed E-state index contributed by atoms with van der Waals surface area (Å²) in [6.07, 6.45) is 1.36. The van der Waals surface area contributed by atoms with Gasteiger partial charge in [-0.25, -0.2) is 0 Å². The summed E-state index contributed by atoms with van der Waals surface area (Å²) >= 11 is 6.24. The van der Waals surface area contributed by atoms with Crippen molar-refractivity contribution in [1.29, 1.82) is 0 Å². The second-order valence-electron chi connectivity index (χ2n) is 10.1. The van der Waals surface area contributed by atoms with E-state index >= 15 is 0 Å². The largest absolute Gasteiger partial charge is 0.350 e. The van der Waals surface area contributed by atoms with Gasteiger partial charge in [0.15, 0.2) is 0 Å². The third kappa shape index (κ3) is 8.56. The number of amides is 2. The quantitative estimate of drug-likeness (QED) is 0.392. The van der Waals surface area contributed by atoms with Gasteiger partial charge in [-0.1, -0.05) is 83.9 Å². The van der Waals surface area contributed by atoms with Gasteiger partial charge in [0, 0.05) is 29.9 Å². The summed E-state index contributed by atoms with van der Waals surface area (Å²) in [4.78, 5) is 29.0. The van der Waals surface area contributed by atoms with Crippen molar-refractivity contribution in [1.82, 2.24) is 10.2 Å².